The molecule has 3 rings (SSSR count). The number of nitrogens with zero attached hydrogens (tertiary/aromatic N) is 1. The maximum atomic E-state index is 12.4. The van der Waals surface area contributed by atoms with Crippen molar-refractivity contribution in [2.75, 3.05) is 6.61 Å². The van der Waals surface area contributed by atoms with Gasteiger partial charge >= 0.3 is 6.18 Å². The minimum Gasteiger partial charge on any atom is -0.468 e. The Morgan fingerprint density at radius 2 is 2.00 bits per heavy atom. The third kappa shape index (κ3) is 3.38. The fraction of sp³-hybridized carbons (Fsp3) is 0.278. The Bertz CT molecular complexity index is 737. The van der Waals surface area contributed by atoms with Crippen LogP contribution in [0.5, 0.6) is 5.88 Å². The smallest absolute Gasteiger partial charge is 0.422 e. The lowest BCUT2D eigenvalue weighted by Crippen LogP contribution is -2.20. The van der Waals surface area contributed by atoms with E-state index in [0.29, 0.717) is 5.56 Å². The summed E-state index contributed by atoms with van der Waals surface area (Å²) in [6.45, 7) is 0.747. The van der Waals surface area contributed by atoms with E-state index in [1.807, 2.05) is 24.3 Å². The van der Waals surface area contributed by atoms with Crippen molar-refractivity contribution >= 4 is 6.08 Å². The number of pyridine rings is 1. The summed E-state index contributed by atoms with van der Waals surface area (Å²) in [4.78, 5) is 3.98. The minimum absolute atomic E-state index is 0.0342. The molecule has 0 radical (unpaired) electrons. The van der Waals surface area contributed by atoms with Gasteiger partial charge in [0.25, 0.3) is 0 Å². The fourth-order valence-electron chi connectivity index (χ4n) is 2.76. The average molecular weight is 319 g/mol. The van der Waals surface area contributed by atoms with Crippen LogP contribution in [0.3, 0.4) is 0 Å². The first kappa shape index (κ1) is 15.6. The molecule has 1 atom stereocenters. The largest absolute Gasteiger partial charge is 0.468 e. The summed E-state index contributed by atoms with van der Waals surface area (Å²) in [5.74, 6) is -0.0975. The van der Waals surface area contributed by atoms with Crippen molar-refractivity contribution < 1.29 is 17.9 Å². The van der Waals surface area contributed by atoms with E-state index in [-0.39, 0.29) is 11.8 Å². The number of rotatable bonds is 4. The molecule has 0 amide bonds. The number of aromatic nitrogens is 1. The zero-order valence-electron chi connectivity index (χ0n) is 12.6. The maximum Gasteiger partial charge on any atom is 0.422 e. The van der Waals surface area contributed by atoms with Crippen LogP contribution in [0, 0.1) is 0 Å². The topological polar surface area (TPSA) is 22.1 Å². The van der Waals surface area contributed by atoms with Crippen LogP contribution in [-0.2, 0) is 6.42 Å². The van der Waals surface area contributed by atoms with Crippen molar-refractivity contribution in [1.82, 2.24) is 4.98 Å². The Hall–Kier alpha value is -2.30. The summed E-state index contributed by atoms with van der Waals surface area (Å²) in [5, 5.41) is 0. The van der Waals surface area contributed by atoms with Gasteiger partial charge in [-0.15, -0.1) is 0 Å². The van der Waals surface area contributed by atoms with Gasteiger partial charge in [-0.3, -0.25) is 0 Å². The maximum absolute atomic E-state index is 12.4. The molecule has 0 spiro atoms. The number of fused-ring (bicyclic) bond motifs is 1. The predicted octanol–water partition coefficient (Wildman–Crippen LogP) is 4.74. The highest BCUT2D eigenvalue weighted by Gasteiger charge is 2.30. The van der Waals surface area contributed by atoms with Crippen molar-refractivity contribution in [3.05, 3.63) is 64.9 Å². The lowest BCUT2D eigenvalue weighted by atomic mass is 9.92. The van der Waals surface area contributed by atoms with Crippen LogP contribution in [0.2, 0.25) is 0 Å². The lowest BCUT2D eigenvalue weighted by molar-refractivity contribution is -0.154. The predicted molar refractivity (Wildman–Crippen MR) is 82.5 cm³/mol. The van der Waals surface area contributed by atoms with E-state index in [9.17, 15) is 13.2 Å². The van der Waals surface area contributed by atoms with Gasteiger partial charge in [-0.1, -0.05) is 43.3 Å². The van der Waals surface area contributed by atoms with Gasteiger partial charge in [0.2, 0.25) is 5.88 Å². The number of allylic oxidation sites excluding steroid dienone is 1. The summed E-state index contributed by atoms with van der Waals surface area (Å²) in [5.41, 5.74) is 4.04. The van der Waals surface area contributed by atoms with Gasteiger partial charge in [0, 0.05) is 17.7 Å². The highest BCUT2D eigenvalue weighted by molar-refractivity contribution is 5.66. The number of benzene rings is 1. The second-order valence-electron chi connectivity index (χ2n) is 5.46. The Morgan fingerprint density at radius 1 is 1.17 bits per heavy atom. The van der Waals surface area contributed by atoms with E-state index in [0.717, 1.165) is 17.5 Å². The fourth-order valence-corrected chi connectivity index (χ4v) is 2.76. The van der Waals surface area contributed by atoms with Crippen LogP contribution in [0.25, 0.3) is 6.08 Å². The Balaban J connectivity index is 1.91. The Kier molecular flexibility index (Phi) is 4.11. The summed E-state index contributed by atoms with van der Waals surface area (Å²) in [7, 11) is 0. The van der Waals surface area contributed by atoms with Crippen LogP contribution in [-0.4, -0.2) is 17.8 Å². The molecule has 2 nitrogen and oxygen atoms in total. The Morgan fingerprint density at radius 3 is 2.74 bits per heavy atom. The Labute approximate surface area is 132 Å². The molecule has 2 aromatic rings. The summed E-state index contributed by atoms with van der Waals surface area (Å²) >= 11 is 0. The zero-order chi connectivity index (χ0) is 16.4. The molecule has 1 unspecified atom stereocenters. The van der Waals surface area contributed by atoms with Crippen LogP contribution in [0.15, 0.2) is 42.6 Å². The molecule has 1 aromatic carbocycles. The molecule has 0 bridgehead atoms. The minimum atomic E-state index is -4.38. The third-order valence-electron chi connectivity index (χ3n) is 3.87. The van der Waals surface area contributed by atoms with Crippen LogP contribution >= 0.6 is 0 Å². The lowest BCUT2D eigenvalue weighted by Gasteiger charge is -2.16. The molecule has 0 saturated heterocycles. The van der Waals surface area contributed by atoms with Crippen molar-refractivity contribution in [3.63, 3.8) is 0 Å². The molecule has 1 aromatic heterocycles. The second kappa shape index (κ2) is 6.07. The van der Waals surface area contributed by atoms with Gasteiger partial charge in [0.05, 0.1) is 0 Å². The van der Waals surface area contributed by atoms with Crippen molar-refractivity contribution in [2.45, 2.75) is 25.4 Å². The van der Waals surface area contributed by atoms with Crippen LogP contribution in [0.4, 0.5) is 13.2 Å². The van der Waals surface area contributed by atoms with Gasteiger partial charge < -0.3 is 4.74 Å². The molecule has 1 aliphatic rings. The first-order chi connectivity index (χ1) is 11.0. The monoisotopic (exact) mass is 319 g/mol. The van der Waals surface area contributed by atoms with E-state index in [4.69, 9.17) is 4.74 Å². The molecule has 120 valence electrons. The SMILES string of the molecule is CCc1ccc2c(c1)C=CC2c1cccnc1OCC(F)(F)F. The highest BCUT2D eigenvalue weighted by atomic mass is 19.4. The molecule has 1 heterocycles. The number of hydrogen-bond acceptors (Lipinski definition) is 2. The van der Waals surface area contributed by atoms with Crippen LogP contribution < -0.4 is 4.74 Å². The molecule has 0 N–H and O–H groups in total. The van der Waals surface area contributed by atoms with Crippen molar-refractivity contribution in [2.24, 2.45) is 0 Å². The first-order valence-corrected chi connectivity index (χ1v) is 7.43. The average Bonchev–Trinajstić information content (AvgIpc) is 2.95. The number of halogens is 3. The van der Waals surface area contributed by atoms with Crippen molar-refractivity contribution in [3.8, 4) is 5.88 Å². The molecule has 23 heavy (non-hydrogen) atoms. The highest BCUT2D eigenvalue weighted by Crippen LogP contribution is 2.39. The number of hydrogen-bond donors (Lipinski definition) is 0. The molecular formula is C18H16F3NO. The molecule has 0 fully saturated rings. The molecule has 1 aliphatic carbocycles. The van der Waals surface area contributed by atoms with E-state index in [2.05, 4.69) is 18.0 Å². The number of alkyl halides is 3. The van der Waals surface area contributed by atoms with Crippen LogP contribution in [0.1, 0.15) is 35.1 Å². The third-order valence-corrected chi connectivity index (χ3v) is 3.87. The summed E-state index contributed by atoms with van der Waals surface area (Å²) in [6.07, 6.45) is 1.98. The zero-order valence-corrected chi connectivity index (χ0v) is 12.6. The second-order valence-corrected chi connectivity index (χ2v) is 5.46. The quantitative estimate of drug-likeness (QED) is 0.812. The number of ether oxygens (including phenoxy) is 1. The van der Waals surface area contributed by atoms with E-state index < -0.39 is 12.8 Å². The van der Waals surface area contributed by atoms with Gasteiger partial charge in [-0.2, -0.15) is 13.2 Å². The molecular weight excluding hydrogens is 303 g/mol. The van der Waals surface area contributed by atoms with E-state index in [1.54, 1.807) is 12.1 Å². The first-order valence-electron chi connectivity index (χ1n) is 7.43. The van der Waals surface area contributed by atoms with Gasteiger partial charge in [0.15, 0.2) is 6.61 Å². The van der Waals surface area contributed by atoms with Gasteiger partial charge in [-0.25, -0.2) is 4.98 Å². The van der Waals surface area contributed by atoms with Gasteiger partial charge in [-0.05, 0) is 29.2 Å². The van der Waals surface area contributed by atoms with E-state index >= 15 is 0 Å². The summed E-state index contributed by atoms with van der Waals surface area (Å²) < 4.78 is 42.1. The standard InChI is InChI=1S/C18H16F3NO/c1-2-12-5-7-14-13(10-12)6-8-15(14)16-4-3-9-22-17(16)23-11-18(19,20)21/h3-10,15H,2,11H2,1H3. The van der Waals surface area contributed by atoms with Gasteiger partial charge in [0.1, 0.15) is 0 Å². The normalized spacial score (nSPS) is 16.4. The molecule has 5 heteroatoms. The molecule has 0 aliphatic heterocycles. The van der Waals surface area contributed by atoms with E-state index in [1.165, 1.54) is 11.8 Å². The summed E-state index contributed by atoms with van der Waals surface area (Å²) in [6, 6.07) is 9.65. The number of aryl methyl sites for hydroxylation is 1. The molecule has 0 saturated carbocycles. The van der Waals surface area contributed by atoms with Crippen molar-refractivity contribution in [1.29, 1.82) is 0 Å².